The van der Waals surface area contributed by atoms with E-state index in [2.05, 4.69) is 5.32 Å². The fourth-order valence-electron chi connectivity index (χ4n) is 3.66. The van der Waals surface area contributed by atoms with E-state index in [0.29, 0.717) is 0 Å². The highest BCUT2D eigenvalue weighted by molar-refractivity contribution is 7.92. The number of halogens is 2. The summed E-state index contributed by atoms with van der Waals surface area (Å²) in [5.41, 5.74) is 1.85. The number of amides is 2. The van der Waals surface area contributed by atoms with E-state index >= 15 is 0 Å². The first-order valence-corrected chi connectivity index (χ1v) is 13.8. The summed E-state index contributed by atoms with van der Waals surface area (Å²) in [7, 11) is -3.81. The Morgan fingerprint density at radius 2 is 1.72 bits per heavy atom. The molecule has 1 N–H and O–H groups in total. The molecule has 0 saturated carbocycles. The largest absolute Gasteiger partial charge is 0.352 e. The highest BCUT2D eigenvalue weighted by atomic mass is 32.2. The van der Waals surface area contributed by atoms with E-state index in [1.54, 1.807) is 6.92 Å². The lowest BCUT2D eigenvalue weighted by atomic mass is 10.1. The molecule has 2 aromatic rings. The monoisotopic (exact) mass is 523 g/mol. The number of sulfonamides is 1. The summed E-state index contributed by atoms with van der Waals surface area (Å²) < 4.78 is 52.6. The minimum absolute atomic E-state index is 0.0260. The summed E-state index contributed by atoms with van der Waals surface area (Å²) in [4.78, 5) is 27.6. The first kappa shape index (κ1) is 29.2. The number of hydrogen-bond acceptors (Lipinski definition) is 4. The normalized spacial score (nSPS) is 13.1. The van der Waals surface area contributed by atoms with Gasteiger partial charge in [0.15, 0.2) is 11.6 Å². The first-order chi connectivity index (χ1) is 16.8. The highest BCUT2D eigenvalue weighted by Crippen LogP contribution is 2.22. The predicted octanol–water partition coefficient (Wildman–Crippen LogP) is 4.15. The Kier molecular flexibility index (Phi) is 10.4. The number of nitrogens with zero attached hydrogens (tertiary/aromatic N) is 2. The minimum atomic E-state index is -3.81. The van der Waals surface area contributed by atoms with E-state index in [1.807, 2.05) is 45.0 Å². The lowest BCUT2D eigenvalue weighted by Gasteiger charge is -2.30. The summed E-state index contributed by atoms with van der Waals surface area (Å²) >= 11 is 0. The molecule has 0 aliphatic heterocycles. The van der Waals surface area contributed by atoms with Crippen LogP contribution in [-0.2, 0) is 26.2 Å². The van der Waals surface area contributed by atoms with Gasteiger partial charge in [0.1, 0.15) is 6.04 Å². The molecule has 0 saturated heterocycles. The van der Waals surface area contributed by atoms with Gasteiger partial charge in [-0.15, -0.1) is 0 Å². The Morgan fingerprint density at radius 3 is 2.31 bits per heavy atom. The maximum atomic E-state index is 13.7. The van der Waals surface area contributed by atoms with Crippen LogP contribution in [0.5, 0.6) is 0 Å². The third kappa shape index (κ3) is 8.01. The molecule has 36 heavy (non-hydrogen) atoms. The van der Waals surface area contributed by atoms with Crippen LogP contribution in [0.3, 0.4) is 0 Å². The van der Waals surface area contributed by atoms with Crippen molar-refractivity contribution in [2.24, 2.45) is 0 Å². The highest BCUT2D eigenvalue weighted by Gasteiger charge is 2.27. The quantitative estimate of drug-likeness (QED) is 0.453. The number of anilines is 1. The van der Waals surface area contributed by atoms with E-state index in [-0.39, 0.29) is 49.5 Å². The molecule has 2 amide bonds. The van der Waals surface area contributed by atoms with E-state index < -0.39 is 27.7 Å². The van der Waals surface area contributed by atoms with Crippen molar-refractivity contribution >= 4 is 27.5 Å². The second-order valence-corrected chi connectivity index (χ2v) is 10.9. The van der Waals surface area contributed by atoms with Gasteiger partial charge in [-0.25, -0.2) is 17.2 Å². The Morgan fingerprint density at radius 1 is 1.06 bits per heavy atom. The van der Waals surface area contributed by atoms with Gasteiger partial charge in [-0.1, -0.05) is 31.2 Å². The number of benzene rings is 2. The standard InChI is InChI=1S/C26H35F2N3O4S/c1-6-19(3)29-26(33)20(4)30(17-21-11-8-7-10-18(21)2)25(32)12-9-15-31(36(5,34)35)22-13-14-23(27)24(28)16-22/h7-8,10-11,13-14,16,19-20H,6,9,12,15,17H2,1-5H3,(H,29,33)/t19-,20+/m0/s1. The summed E-state index contributed by atoms with van der Waals surface area (Å²) in [6, 6.07) is 9.62. The molecule has 2 aromatic carbocycles. The Hall–Kier alpha value is -3.01. The van der Waals surface area contributed by atoms with Gasteiger partial charge < -0.3 is 10.2 Å². The maximum Gasteiger partial charge on any atom is 0.242 e. The summed E-state index contributed by atoms with van der Waals surface area (Å²) in [5.74, 6) is -2.84. The summed E-state index contributed by atoms with van der Waals surface area (Å²) in [6.45, 7) is 7.54. The molecule has 10 heteroatoms. The molecule has 0 heterocycles. The van der Waals surface area contributed by atoms with Crippen LogP contribution >= 0.6 is 0 Å². The van der Waals surface area contributed by atoms with Gasteiger partial charge in [0.25, 0.3) is 0 Å². The van der Waals surface area contributed by atoms with E-state index in [1.165, 1.54) is 11.0 Å². The van der Waals surface area contributed by atoms with Gasteiger partial charge in [-0.2, -0.15) is 0 Å². The van der Waals surface area contributed by atoms with Crippen molar-refractivity contribution in [3.8, 4) is 0 Å². The Balaban J connectivity index is 2.20. The minimum Gasteiger partial charge on any atom is -0.352 e. The zero-order valence-electron chi connectivity index (χ0n) is 21.4. The first-order valence-electron chi connectivity index (χ1n) is 11.9. The fourth-order valence-corrected chi connectivity index (χ4v) is 4.62. The maximum absolute atomic E-state index is 13.7. The van der Waals surface area contributed by atoms with E-state index in [0.717, 1.165) is 40.2 Å². The number of aryl methyl sites for hydroxylation is 1. The van der Waals surface area contributed by atoms with Crippen molar-refractivity contribution in [3.63, 3.8) is 0 Å². The predicted molar refractivity (Wildman–Crippen MR) is 137 cm³/mol. The molecule has 0 spiro atoms. The molecule has 0 fully saturated rings. The topological polar surface area (TPSA) is 86.8 Å². The van der Waals surface area contributed by atoms with E-state index in [4.69, 9.17) is 0 Å². The van der Waals surface area contributed by atoms with Crippen LogP contribution in [0.25, 0.3) is 0 Å². The SMILES string of the molecule is CC[C@H](C)NC(=O)[C@@H](C)N(Cc1ccccc1C)C(=O)CCCN(c1ccc(F)c(F)c1)S(C)(=O)=O. The van der Waals surface area contributed by atoms with Gasteiger partial charge >= 0.3 is 0 Å². The van der Waals surface area contributed by atoms with Crippen molar-refractivity contribution in [3.05, 3.63) is 65.2 Å². The molecule has 0 aliphatic rings. The van der Waals surface area contributed by atoms with Crippen molar-refractivity contribution in [1.29, 1.82) is 0 Å². The molecule has 0 unspecified atom stereocenters. The zero-order valence-corrected chi connectivity index (χ0v) is 22.2. The van der Waals surface area contributed by atoms with Crippen molar-refractivity contribution in [1.82, 2.24) is 10.2 Å². The second-order valence-electron chi connectivity index (χ2n) is 8.98. The molecule has 0 aromatic heterocycles. The average Bonchev–Trinajstić information content (AvgIpc) is 2.81. The van der Waals surface area contributed by atoms with Gasteiger partial charge in [0.2, 0.25) is 21.8 Å². The molecule has 7 nitrogen and oxygen atoms in total. The van der Waals surface area contributed by atoms with Gasteiger partial charge in [-0.05, 0) is 56.9 Å². The molecule has 198 valence electrons. The Labute approximate surface area is 212 Å². The van der Waals surface area contributed by atoms with Crippen LogP contribution < -0.4 is 9.62 Å². The lowest BCUT2D eigenvalue weighted by molar-refractivity contribution is -0.140. The van der Waals surface area contributed by atoms with Crippen molar-refractivity contribution < 1.29 is 26.8 Å². The number of hydrogen-bond donors (Lipinski definition) is 1. The van der Waals surface area contributed by atoms with E-state index in [9.17, 15) is 26.8 Å². The number of nitrogens with one attached hydrogen (secondary N) is 1. The second kappa shape index (κ2) is 12.8. The van der Waals surface area contributed by atoms with Crippen LogP contribution in [0, 0.1) is 18.6 Å². The van der Waals surface area contributed by atoms with Crippen LogP contribution in [0.1, 0.15) is 51.2 Å². The number of carbonyl (C=O) groups excluding carboxylic acids is 2. The number of carbonyl (C=O) groups is 2. The third-order valence-electron chi connectivity index (χ3n) is 6.11. The summed E-state index contributed by atoms with van der Waals surface area (Å²) in [6.07, 6.45) is 1.79. The van der Waals surface area contributed by atoms with Crippen LogP contribution in [0.4, 0.5) is 14.5 Å². The molecule has 2 rings (SSSR count). The smallest absolute Gasteiger partial charge is 0.242 e. The molecular weight excluding hydrogens is 488 g/mol. The van der Waals surface area contributed by atoms with Crippen molar-refractivity contribution in [2.45, 2.75) is 65.6 Å². The van der Waals surface area contributed by atoms with Crippen LogP contribution in [0.2, 0.25) is 0 Å². The Bertz CT molecular complexity index is 1170. The average molecular weight is 524 g/mol. The summed E-state index contributed by atoms with van der Waals surface area (Å²) in [5, 5.41) is 2.90. The molecule has 0 bridgehead atoms. The number of rotatable bonds is 12. The lowest BCUT2D eigenvalue weighted by Crippen LogP contribution is -2.49. The van der Waals surface area contributed by atoms with Gasteiger partial charge in [0, 0.05) is 31.6 Å². The van der Waals surface area contributed by atoms with Crippen molar-refractivity contribution in [2.75, 3.05) is 17.1 Å². The zero-order chi connectivity index (χ0) is 27.0. The third-order valence-corrected chi connectivity index (χ3v) is 7.31. The molecule has 2 atom stereocenters. The van der Waals surface area contributed by atoms with Crippen LogP contribution in [-0.4, -0.2) is 50.0 Å². The van der Waals surface area contributed by atoms with Crippen LogP contribution in [0.15, 0.2) is 42.5 Å². The molecule has 0 aliphatic carbocycles. The van der Waals surface area contributed by atoms with Gasteiger partial charge in [-0.3, -0.25) is 13.9 Å². The fraction of sp³-hybridized carbons (Fsp3) is 0.462. The van der Waals surface area contributed by atoms with Gasteiger partial charge in [0.05, 0.1) is 11.9 Å². The molecular formula is C26H35F2N3O4S. The molecule has 0 radical (unpaired) electrons.